The highest BCUT2D eigenvalue weighted by Gasteiger charge is 2.40. The van der Waals surface area contributed by atoms with E-state index in [9.17, 15) is 14.4 Å². The number of aromatic nitrogens is 2. The topological polar surface area (TPSA) is 99.6 Å². The smallest absolute Gasteiger partial charge is 0.332 e. The number of rotatable bonds is 6. The molecule has 29 heavy (non-hydrogen) atoms. The molecular weight excluding hydrogens is 392 g/mol. The van der Waals surface area contributed by atoms with E-state index in [1.54, 1.807) is 6.92 Å². The molecule has 0 unspecified atom stereocenters. The van der Waals surface area contributed by atoms with Gasteiger partial charge < -0.3 is 13.9 Å². The third kappa shape index (κ3) is 5.42. The Morgan fingerprint density at radius 3 is 2.41 bits per heavy atom. The molecule has 0 aromatic carbocycles. The molecule has 0 radical (unpaired) electrons. The summed E-state index contributed by atoms with van der Waals surface area (Å²) in [5.41, 5.74) is -0.560. The van der Waals surface area contributed by atoms with Crippen molar-refractivity contribution in [1.29, 1.82) is 0 Å². The second-order valence-electron chi connectivity index (χ2n) is 9.13. The molecule has 2 atom stereocenters. The highest BCUT2D eigenvalue weighted by Crippen LogP contribution is 2.37. The molecule has 1 aliphatic heterocycles. The lowest BCUT2D eigenvalue weighted by Gasteiger charge is -2.38. The predicted molar refractivity (Wildman–Crippen MR) is 113 cm³/mol. The highest BCUT2D eigenvalue weighted by molar-refractivity contribution is 6.74. The number of aryl methyl sites for hydroxylation is 1. The molecule has 0 amide bonds. The van der Waals surface area contributed by atoms with E-state index >= 15 is 0 Å². The lowest BCUT2D eigenvalue weighted by Crippen LogP contribution is -2.47. The first-order valence-electron chi connectivity index (χ1n) is 9.76. The van der Waals surface area contributed by atoms with E-state index in [0.717, 1.165) is 0 Å². The first-order chi connectivity index (χ1) is 13.2. The molecule has 2 heterocycles. The summed E-state index contributed by atoms with van der Waals surface area (Å²) in [6.07, 6.45) is 0.750. The van der Waals surface area contributed by atoms with Crippen molar-refractivity contribution in [2.45, 2.75) is 78.2 Å². The Morgan fingerprint density at radius 1 is 1.24 bits per heavy atom. The summed E-state index contributed by atoms with van der Waals surface area (Å²) in [6.45, 7) is 15.9. The summed E-state index contributed by atoms with van der Waals surface area (Å²) < 4.78 is 19.1. The van der Waals surface area contributed by atoms with E-state index in [-0.39, 0.29) is 29.2 Å². The Bertz CT molecular complexity index is 907. The third-order valence-corrected chi connectivity index (χ3v) is 9.83. The van der Waals surface area contributed by atoms with Crippen molar-refractivity contribution in [2.75, 3.05) is 6.61 Å². The Kier molecular flexibility index (Phi) is 6.88. The summed E-state index contributed by atoms with van der Waals surface area (Å²) in [7, 11) is -2.06. The fraction of sp³-hybridized carbons (Fsp3) is 0.650. The van der Waals surface area contributed by atoms with Gasteiger partial charge in [-0.1, -0.05) is 20.8 Å². The number of carbonyl (C=O) groups excluding carboxylic acids is 1. The average molecular weight is 425 g/mol. The zero-order valence-corrected chi connectivity index (χ0v) is 19.5. The molecule has 0 fully saturated rings. The van der Waals surface area contributed by atoms with Gasteiger partial charge >= 0.3 is 5.69 Å². The molecule has 1 aromatic heterocycles. The number of nitrogens with zero attached hydrogens (tertiary/aromatic N) is 1. The second kappa shape index (κ2) is 8.51. The minimum atomic E-state index is -2.06. The van der Waals surface area contributed by atoms with Crippen LogP contribution in [-0.2, 0) is 18.7 Å². The number of H-pyrrole nitrogens is 1. The second-order valence-corrected chi connectivity index (χ2v) is 13.9. The van der Waals surface area contributed by atoms with Gasteiger partial charge in [-0.05, 0) is 38.9 Å². The molecule has 0 aliphatic carbocycles. The monoisotopic (exact) mass is 424 g/mol. The van der Waals surface area contributed by atoms with Crippen molar-refractivity contribution < 1.29 is 18.7 Å². The Hall–Kier alpha value is -1.81. The van der Waals surface area contributed by atoms with Crippen LogP contribution in [0.1, 0.15) is 40.2 Å². The molecule has 0 bridgehead atoms. The predicted octanol–water partition coefficient (Wildman–Crippen LogP) is 2.43. The number of hydrogen-bond donors (Lipinski definition) is 1. The number of carbonyl (C=O) groups is 1. The molecule has 1 N–H and O–H groups in total. The highest BCUT2D eigenvalue weighted by atomic mass is 28.4. The summed E-state index contributed by atoms with van der Waals surface area (Å²) in [6, 6.07) is 0. The van der Waals surface area contributed by atoms with Crippen LogP contribution >= 0.6 is 0 Å². The molecule has 0 saturated heterocycles. The lowest BCUT2D eigenvalue weighted by atomic mass is 10.1. The molecule has 2 rings (SSSR count). The van der Waals surface area contributed by atoms with E-state index in [1.807, 2.05) is 13.8 Å². The van der Waals surface area contributed by atoms with Gasteiger partial charge in [0.15, 0.2) is 14.1 Å². The maximum atomic E-state index is 12.7. The van der Waals surface area contributed by atoms with Crippen molar-refractivity contribution >= 4 is 19.8 Å². The third-order valence-electron chi connectivity index (χ3n) is 5.33. The molecular formula is C20H32N2O6Si. The first kappa shape index (κ1) is 23.5. The van der Waals surface area contributed by atoms with E-state index in [4.69, 9.17) is 13.9 Å². The minimum absolute atomic E-state index is 0.000294. The van der Waals surface area contributed by atoms with Crippen molar-refractivity contribution in [3.8, 4) is 0 Å². The summed E-state index contributed by atoms with van der Waals surface area (Å²) in [5.74, 6) is -0.307. The fourth-order valence-electron chi connectivity index (χ4n) is 2.51. The van der Waals surface area contributed by atoms with Gasteiger partial charge in [0.2, 0.25) is 6.29 Å². The Morgan fingerprint density at radius 2 is 1.86 bits per heavy atom. The normalized spacial score (nSPS) is 20.9. The van der Waals surface area contributed by atoms with Crippen LogP contribution in [0.2, 0.25) is 18.1 Å². The van der Waals surface area contributed by atoms with Crippen molar-refractivity contribution in [2.24, 2.45) is 0 Å². The number of ether oxygens (including phenoxy) is 2. The minimum Gasteiger partial charge on any atom is -0.414 e. The summed E-state index contributed by atoms with van der Waals surface area (Å²) >= 11 is 0. The lowest BCUT2D eigenvalue weighted by molar-refractivity contribution is -0.175. The Balaban J connectivity index is 2.36. The quantitative estimate of drug-likeness (QED) is 0.704. The van der Waals surface area contributed by atoms with Crippen LogP contribution in [0.3, 0.4) is 0 Å². The van der Waals surface area contributed by atoms with Crippen LogP contribution in [-0.4, -0.2) is 48.8 Å². The van der Waals surface area contributed by atoms with Crippen LogP contribution < -0.4 is 11.2 Å². The fourth-order valence-corrected chi connectivity index (χ4v) is 3.51. The van der Waals surface area contributed by atoms with Gasteiger partial charge in [-0.3, -0.25) is 19.1 Å². The first-order valence-corrected chi connectivity index (χ1v) is 12.7. The van der Waals surface area contributed by atoms with Crippen LogP contribution in [0.4, 0.5) is 0 Å². The molecule has 8 nitrogen and oxygen atoms in total. The van der Waals surface area contributed by atoms with Crippen LogP contribution in [0.5, 0.6) is 0 Å². The SMILES string of the molecule is Cc1cn(C2=CC(=O)[C@@H](CO[Si](C)(C)C(C)(C)C)O[C@@H]2OC(C)C)c(=O)[nH]c1=O. The molecule has 0 saturated carbocycles. The molecule has 0 spiro atoms. The zero-order valence-electron chi connectivity index (χ0n) is 18.5. The number of ketones is 1. The largest absolute Gasteiger partial charge is 0.414 e. The van der Waals surface area contributed by atoms with E-state index in [1.165, 1.54) is 16.8 Å². The average Bonchev–Trinajstić information content (AvgIpc) is 2.57. The van der Waals surface area contributed by atoms with Gasteiger partial charge in [-0.2, -0.15) is 0 Å². The van der Waals surface area contributed by atoms with Gasteiger partial charge in [0.1, 0.15) is 6.10 Å². The van der Waals surface area contributed by atoms with E-state index < -0.39 is 32.0 Å². The number of hydrogen-bond acceptors (Lipinski definition) is 6. The van der Waals surface area contributed by atoms with Crippen molar-refractivity contribution in [3.05, 3.63) is 38.7 Å². The molecule has 1 aromatic rings. The molecule has 1 aliphatic rings. The van der Waals surface area contributed by atoms with Gasteiger partial charge in [0.25, 0.3) is 5.56 Å². The van der Waals surface area contributed by atoms with Gasteiger partial charge in [-0.15, -0.1) is 0 Å². The van der Waals surface area contributed by atoms with Crippen LogP contribution in [0.15, 0.2) is 21.9 Å². The van der Waals surface area contributed by atoms with Crippen LogP contribution in [0.25, 0.3) is 5.70 Å². The van der Waals surface area contributed by atoms with Crippen molar-refractivity contribution in [3.63, 3.8) is 0 Å². The standard InChI is InChI=1S/C20H32N2O6Si/c1-12(2)27-18-14(22-10-13(3)17(24)21-19(22)25)9-15(23)16(28-18)11-26-29(7,8)20(4,5)6/h9-10,12,16,18H,11H2,1-8H3,(H,21,24,25)/t16-,18+/m1/s1. The number of nitrogens with one attached hydrogen (secondary N) is 1. The summed E-state index contributed by atoms with van der Waals surface area (Å²) in [4.78, 5) is 38.9. The van der Waals surface area contributed by atoms with Crippen molar-refractivity contribution in [1.82, 2.24) is 9.55 Å². The van der Waals surface area contributed by atoms with E-state index in [2.05, 4.69) is 38.8 Å². The van der Waals surface area contributed by atoms with Gasteiger partial charge in [0.05, 0.1) is 18.4 Å². The molecule has 162 valence electrons. The summed E-state index contributed by atoms with van der Waals surface area (Å²) in [5, 5.41) is 0.000294. The van der Waals surface area contributed by atoms with Crippen LogP contribution in [0, 0.1) is 6.92 Å². The zero-order chi connectivity index (χ0) is 22.1. The van der Waals surface area contributed by atoms with Gasteiger partial charge in [0, 0.05) is 17.8 Å². The van der Waals surface area contributed by atoms with E-state index in [0.29, 0.717) is 5.56 Å². The maximum Gasteiger partial charge on any atom is 0.332 e. The van der Waals surface area contributed by atoms with Gasteiger partial charge in [-0.25, -0.2) is 4.79 Å². The Labute approximate surface area is 172 Å². The number of aromatic amines is 1. The maximum absolute atomic E-state index is 12.7. The molecule has 9 heteroatoms.